The van der Waals surface area contributed by atoms with Crippen LogP contribution in [-0.2, 0) is 16.0 Å². The third-order valence-electron chi connectivity index (χ3n) is 4.13. The minimum atomic E-state index is -0.193. The van der Waals surface area contributed by atoms with Gasteiger partial charge >= 0.3 is 0 Å². The molecule has 2 rings (SSSR count). The van der Waals surface area contributed by atoms with Crippen molar-refractivity contribution in [3.63, 3.8) is 0 Å². The Labute approximate surface area is 138 Å². The van der Waals surface area contributed by atoms with Crippen LogP contribution in [-0.4, -0.2) is 36.6 Å². The molecule has 1 aliphatic heterocycles. The van der Waals surface area contributed by atoms with Crippen molar-refractivity contribution in [2.45, 2.75) is 32.2 Å². The van der Waals surface area contributed by atoms with E-state index in [-0.39, 0.29) is 17.5 Å². The van der Waals surface area contributed by atoms with Gasteiger partial charge in [-0.1, -0.05) is 24.3 Å². The molecule has 0 spiro atoms. The predicted molar refractivity (Wildman–Crippen MR) is 90.3 cm³/mol. The van der Waals surface area contributed by atoms with Crippen LogP contribution >= 0.6 is 0 Å². The van der Waals surface area contributed by atoms with Gasteiger partial charge in [0.15, 0.2) is 0 Å². The van der Waals surface area contributed by atoms with Gasteiger partial charge in [0.2, 0.25) is 0 Å². The highest BCUT2D eigenvalue weighted by molar-refractivity contribution is 6.01. The van der Waals surface area contributed by atoms with Crippen LogP contribution < -0.4 is 0 Å². The molecular weight excluding hydrogens is 288 g/mol. The first-order valence-electron chi connectivity index (χ1n) is 8.08. The molecule has 0 N–H and O–H groups in total. The molecule has 121 valence electrons. The average molecular weight is 311 g/mol. The fourth-order valence-electron chi connectivity index (χ4n) is 2.87. The van der Waals surface area contributed by atoms with Crippen molar-refractivity contribution in [3.05, 3.63) is 47.9 Å². The lowest BCUT2D eigenvalue weighted by molar-refractivity contribution is -0.130. The van der Waals surface area contributed by atoms with Crippen LogP contribution in [0.5, 0.6) is 0 Å². The number of amides is 1. The number of nitrogens with zero attached hydrogens (tertiary/aromatic N) is 2. The van der Waals surface area contributed by atoms with Crippen LogP contribution in [0, 0.1) is 18.3 Å². The van der Waals surface area contributed by atoms with Gasteiger partial charge in [-0.25, -0.2) is 0 Å². The number of likely N-dealkylation sites (N-methyl/N-ethyl adjacent to an activating group) is 1. The highest BCUT2D eigenvalue weighted by Gasteiger charge is 2.26. The Bertz CT molecular complexity index is 610. The molecular formula is C19H23N2O2. The van der Waals surface area contributed by atoms with E-state index in [1.54, 1.807) is 11.0 Å². The summed E-state index contributed by atoms with van der Waals surface area (Å²) < 4.78 is 5.36. The van der Waals surface area contributed by atoms with Gasteiger partial charge in [-0.05, 0) is 50.3 Å². The van der Waals surface area contributed by atoms with Crippen LogP contribution in [0.1, 0.15) is 30.9 Å². The Morgan fingerprint density at radius 1 is 1.48 bits per heavy atom. The lowest BCUT2D eigenvalue weighted by atomic mass is 10.0. The topological polar surface area (TPSA) is 53.3 Å². The van der Waals surface area contributed by atoms with E-state index in [0.717, 1.165) is 24.0 Å². The van der Waals surface area contributed by atoms with Crippen LogP contribution in [0.4, 0.5) is 0 Å². The van der Waals surface area contributed by atoms with E-state index < -0.39 is 0 Å². The number of carbonyl (C=O) groups excluding carboxylic acids is 1. The minimum Gasteiger partial charge on any atom is -0.381 e. The van der Waals surface area contributed by atoms with Crippen molar-refractivity contribution in [3.8, 4) is 6.07 Å². The maximum absolute atomic E-state index is 12.7. The Morgan fingerprint density at radius 2 is 2.22 bits per heavy atom. The van der Waals surface area contributed by atoms with E-state index in [1.165, 1.54) is 0 Å². The summed E-state index contributed by atoms with van der Waals surface area (Å²) >= 11 is 0. The van der Waals surface area contributed by atoms with Crippen molar-refractivity contribution >= 4 is 12.0 Å². The normalized spacial score (nSPS) is 16.0. The number of hydrogen-bond acceptors (Lipinski definition) is 3. The zero-order chi connectivity index (χ0) is 16.7. The summed E-state index contributed by atoms with van der Waals surface area (Å²) in [5, 5.41) is 9.42. The fourth-order valence-corrected chi connectivity index (χ4v) is 2.87. The van der Waals surface area contributed by atoms with Crippen molar-refractivity contribution in [1.82, 2.24) is 4.90 Å². The van der Waals surface area contributed by atoms with E-state index in [0.29, 0.717) is 26.2 Å². The summed E-state index contributed by atoms with van der Waals surface area (Å²) in [6, 6.07) is 9.98. The number of hydrogen-bond donors (Lipinski definition) is 0. The first-order valence-corrected chi connectivity index (χ1v) is 8.08. The third-order valence-corrected chi connectivity index (χ3v) is 4.13. The number of carbonyl (C=O) groups is 1. The molecule has 0 atom stereocenters. The van der Waals surface area contributed by atoms with Gasteiger partial charge in [0.05, 0.1) is 0 Å². The third kappa shape index (κ3) is 4.43. The Kier molecular flexibility index (Phi) is 6.37. The van der Waals surface area contributed by atoms with Gasteiger partial charge in [-0.3, -0.25) is 4.79 Å². The standard InChI is InChI=1S/C19H23N2O2/c1-3-15-6-5-7-16(12-15)13-17(14-20)19(22)21(4-2)18-8-10-23-11-9-18/h5-7,12-13,18H,1,3-4,8-11H2,2H3. The van der Waals surface area contributed by atoms with Gasteiger partial charge in [0.1, 0.15) is 11.6 Å². The molecule has 4 nitrogen and oxygen atoms in total. The molecule has 4 heteroatoms. The first kappa shape index (κ1) is 17.2. The van der Waals surface area contributed by atoms with Crippen LogP contribution in [0.25, 0.3) is 6.08 Å². The Morgan fingerprint density at radius 3 is 2.83 bits per heavy atom. The van der Waals surface area contributed by atoms with Gasteiger partial charge in [0, 0.05) is 25.8 Å². The molecule has 1 amide bonds. The number of ether oxygens (including phenoxy) is 1. The zero-order valence-electron chi connectivity index (χ0n) is 13.6. The molecule has 0 aliphatic carbocycles. The molecule has 1 aromatic rings. The monoisotopic (exact) mass is 311 g/mol. The first-order chi connectivity index (χ1) is 11.2. The summed E-state index contributed by atoms with van der Waals surface area (Å²) in [5.74, 6) is -0.193. The molecule has 1 heterocycles. The molecule has 0 saturated carbocycles. The summed E-state index contributed by atoms with van der Waals surface area (Å²) in [6.45, 7) is 7.75. The van der Waals surface area contributed by atoms with Gasteiger partial charge in [-0.15, -0.1) is 0 Å². The van der Waals surface area contributed by atoms with Crippen molar-refractivity contribution < 1.29 is 9.53 Å². The predicted octanol–water partition coefficient (Wildman–Crippen LogP) is 3.00. The number of rotatable bonds is 5. The largest absolute Gasteiger partial charge is 0.381 e. The second kappa shape index (κ2) is 8.50. The SMILES string of the molecule is [CH2]Cc1cccc(C=C(C#N)C(=O)N(CC)C2CCOCC2)c1. The molecule has 1 radical (unpaired) electrons. The average Bonchev–Trinajstić information content (AvgIpc) is 2.61. The van der Waals surface area contributed by atoms with E-state index >= 15 is 0 Å². The van der Waals surface area contributed by atoms with Crippen molar-refractivity contribution in [2.24, 2.45) is 0 Å². The van der Waals surface area contributed by atoms with Crippen molar-refractivity contribution in [1.29, 1.82) is 5.26 Å². The number of nitriles is 1. The van der Waals surface area contributed by atoms with Crippen LogP contribution in [0.2, 0.25) is 0 Å². The van der Waals surface area contributed by atoms with Gasteiger partial charge < -0.3 is 9.64 Å². The lowest BCUT2D eigenvalue weighted by Crippen LogP contribution is -2.43. The van der Waals surface area contributed by atoms with Crippen LogP contribution in [0.15, 0.2) is 29.8 Å². The highest BCUT2D eigenvalue weighted by Crippen LogP contribution is 2.18. The molecule has 1 aliphatic rings. The summed E-state index contributed by atoms with van der Waals surface area (Å²) in [5.41, 5.74) is 2.12. The van der Waals surface area contributed by atoms with Gasteiger partial charge in [-0.2, -0.15) is 5.26 Å². The smallest absolute Gasteiger partial charge is 0.264 e. The Balaban J connectivity index is 2.22. The second-order valence-electron chi connectivity index (χ2n) is 5.60. The Hall–Kier alpha value is -2.12. The highest BCUT2D eigenvalue weighted by atomic mass is 16.5. The fraction of sp³-hybridized carbons (Fsp3) is 0.421. The molecule has 0 bridgehead atoms. The van der Waals surface area contributed by atoms with E-state index in [1.807, 2.05) is 31.2 Å². The minimum absolute atomic E-state index is 0.157. The maximum Gasteiger partial charge on any atom is 0.264 e. The molecule has 23 heavy (non-hydrogen) atoms. The van der Waals surface area contributed by atoms with E-state index in [2.05, 4.69) is 13.0 Å². The molecule has 0 aromatic heterocycles. The lowest BCUT2D eigenvalue weighted by Gasteiger charge is -2.33. The zero-order valence-corrected chi connectivity index (χ0v) is 13.6. The van der Waals surface area contributed by atoms with Crippen molar-refractivity contribution in [2.75, 3.05) is 19.8 Å². The molecule has 1 fully saturated rings. The second-order valence-corrected chi connectivity index (χ2v) is 5.60. The van der Waals surface area contributed by atoms with Crippen LogP contribution in [0.3, 0.4) is 0 Å². The summed E-state index contributed by atoms with van der Waals surface area (Å²) in [6.07, 6.45) is 4.01. The molecule has 1 aromatic carbocycles. The molecule has 1 saturated heterocycles. The van der Waals surface area contributed by atoms with E-state index in [9.17, 15) is 10.1 Å². The number of benzene rings is 1. The maximum atomic E-state index is 12.7. The molecule has 0 unspecified atom stereocenters. The quantitative estimate of drug-likeness (QED) is 0.620. The summed E-state index contributed by atoms with van der Waals surface area (Å²) in [4.78, 5) is 14.5. The summed E-state index contributed by atoms with van der Waals surface area (Å²) in [7, 11) is 0. The van der Waals surface area contributed by atoms with E-state index in [4.69, 9.17) is 4.74 Å². The van der Waals surface area contributed by atoms with Gasteiger partial charge in [0.25, 0.3) is 5.91 Å².